The number of ether oxygens (including phenoxy) is 2. The Kier molecular flexibility index (Phi) is 6.87. The summed E-state index contributed by atoms with van der Waals surface area (Å²) in [6.07, 6.45) is 2.58. The molecule has 0 heterocycles. The number of hydrogen-bond acceptors (Lipinski definition) is 6. The molecule has 0 fully saturated rings. The minimum atomic E-state index is -4.13. The van der Waals surface area contributed by atoms with E-state index in [1.54, 1.807) is 32.0 Å². The first kappa shape index (κ1) is 20.8. The lowest BCUT2D eigenvalue weighted by atomic mass is 10.2. The Morgan fingerprint density at radius 1 is 1.11 bits per heavy atom. The molecule has 0 saturated carbocycles. The molecule has 2 aromatic rings. The smallest absolute Gasteiger partial charge is 0.340 e. The topological polar surface area (TPSA) is 78.9 Å². The molecule has 144 valence electrons. The second-order valence-corrected chi connectivity index (χ2v) is 7.62. The van der Waals surface area contributed by atoms with Crippen LogP contribution in [-0.2, 0) is 19.6 Å². The SMILES string of the molecule is COc1cc(C=CC(=O)OC(C)C)ccc1OS(=O)(=O)c1ccccc1Cl. The van der Waals surface area contributed by atoms with E-state index in [9.17, 15) is 13.2 Å². The Balaban J connectivity index is 2.25. The van der Waals surface area contributed by atoms with E-state index in [4.69, 9.17) is 25.3 Å². The lowest BCUT2D eigenvalue weighted by molar-refractivity contribution is -0.141. The molecule has 0 aliphatic rings. The highest BCUT2D eigenvalue weighted by Gasteiger charge is 2.21. The Labute approximate surface area is 163 Å². The van der Waals surface area contributed by atoms with Gasteiger partial charge in [0.2, 0.25) is 0 Å². The third kappa shape index (κ3) is 5.74. The summed E-state index contributed by atoms with van der Waals surface area (Å²) < 4.78 is 40.3. The molecule has 2 aromatic carbocycles. The van der Waals surface area contributed by atoms with Crippen molar-refractivity contribution in [2.45, 2.75) is 24.8 Å². The van der Waals surface area contributed by atoms with E-state index in [0.29, 0.717) is 5.56 Å². The van der Waals surface area contributed by atoms with Crippen molar-refractivity contribution in [2.24, 2.45) is 0 Å². The van der Waals surface area contributed by atoms with Crippen LogP contribution in [0.3, 0.4) is 0 Å². The average Bonchev–Trinajstić information content (AvgIpc) is 2.60. The maximum Gasteiger partial charge on any atom is 0.340 e. The highest BCUT2D eigenvalue weighted by molar-refractivity contribution is 7.87. The van der Waals surface area contributed by atoms with Crippen LogP contribution in [0.25, 0.3) is 6.08 Å². The zero-order chi connectivity index (χ0) is 20.0. The number of benzene rings is 2. The van der Waals surface area contributed by atoms with Crippen molar-refractivity contribution in [3.63, 3.8) is 0 Å². The van der Waals surface area contributed by atoms with Gasteiger partial charge in [0, 0.05) is 6.08 Å². The van der Waals surface area contributed by atoms with Gasteiger partial charge in [-0.15, -0.1) is 0 Å². The zero-order valence-corrected chi connectivity index (χ0v) is 16.6. The fourth-order valence-corrected chi connectivity index (χ4v) is 3.54. The van der Waals surface area contributed by atoms with Gasteiger partial charge in [-0.3, -0.25) is 0 Å². The van der Waals surface area contributed by atoms with Gasteiger partial charge in [0.05, 0.1) is 18.2 Å². The molecule has 0 aliphatic carbocycles. The van der Waals surface area contributed by atoms with Gasteiger partial charge >= 0.3 is 16.1 Å². The number of methoxy groups -OCH3 is 1. The fraction of sp³-hybridized carbons (Fsp3) is 0.211. The Hall–Kier alpha value is -2.51. The van der Waals surface area contributed by atoms with Gasteiger partial charge in [0.15, 0.2) is 11.5 Å². The third-order valence-corrected chi connectivity index (χ3v) is 4.99. The minimum Gasteiger partial charge on any atom is -0.493 e. The first-order chi connectivity index (χ1) is 12.7. The van der Waals surface area contributed by atoms with Crippen LogP contribution in [0.15, 0.2) is 53.4 Å². The van der Waals surface area contributed by atoms with Crippen LogP contribution in [0.1, 0.15) is 19.4 Å². The van der Waals surface area contributed by atoms with E-state index >= 15 is 0 Å². The van der Waals surface area contributed by atoms with Crippen molar-refractivity contribution < 1.29 is 26.9 Å². The van der Waals surface area contributed by atoms with Crippen molar-refractivity contribution in [2.75, 3.05) is 7.11 Å². The Morgan fingerprint density at radius 2 is 1.81 bits per heavy atom. The molecule has 0 radical (unpaired) electrons. The quantitative estimate of drug-likeness (QED) is 0.388. The van der Waals surface area contributed by atoms with E-state index in [-0.39, 0.29) is 27.5 Å². The van der Waals surface area contributed by atoms with Crippen LogP contribution >= 0.6 is 11.6 Å². The maximum atomic E-state index is 12.5. The first-order valence-electron chi connectivity index (χ1n) is 7.98. The summed E-state index contributed by atoms with van der Waals surface area (Å²) >= 11 is 5.94. The fourth-order valence-electron chi connectivity index (χ4n) is 2.10. The maximum absolute atomic E-state index is 12.5. The largest absolute Gasteiger partial charge is 0.493 e. The van der Waals surface area contributed by atoms with Crippen molar-refractivity contribution in [3.8, 4) is 11.5 Å². The summed E-state index contributed by atoms with van der Waals surface area (Å²) in [4.78, 5) is 11.4. The van der Waals surface area contributed by atoms with E-state index < -0.39 is 16.1 Å². The molecule has 0 atom stereocenters. The number of esters is 1. The molecule has 0 amide bonds. The van der Waals surface area contributed by atoms with Crippen molar-refractivity contribution >= 4 is 33.8 Å². The van der Waals surface area contributed by atoms with Gasteiger partial charge in [-0.2, -0.15) is 8.42 Å². The summed E-state index contributed by atoms with van der Waals surface area (Å²) in [5, 5.41) is 0.0553. The Morgan fingerprint density at radius 3 is 2.44 bits per heavy atom. The predicted molar refractivity (Wildman–Crippen MR) is 103 cm³/mol. The number of carbonyl (C=O) groups excluding carboxylic acids is 1. The van der Waals surface area contributed by atoms with E-state index in [2.05, 4.69) is 0 Å². The van der Waals surface area contributed by atoms with Gasteiger partial charge < -0.3 is 13.7 Å². The number of hydrogen-bond donors (Lipinski definition) is 0. The zero-order valence-electron chi connectivity index (χ0n) is 15.0. The third-order valence-electron chi connectivity index (χ3n) is 3.26. The van der Waals surface area contributed by atoms with Crippen molar-refractivity contribution in [1.82, 2.24) is 0 Å². The van der Waals surface area contributed by atoms with E-state index in [1.165, 1.54) is 43.5 Å². The molecule has 27 heavy (non-hydrogen) atoms. The highest BCUT2D eigenvalue weighted by atomic mass is 35.5. The van der Waals surface area contributed by atoms with Crippen LogP contribution in [0.2, 0.25) is 5.02 Å². The molecule has 6 nitrogen and oxygen atoms in total. The van der Waals surface area contributed by atoms with Crippen LogP contribution in [0.5, 0.6) is 11.5 Å². The van der Waals surface area contributed by atoms with Gasteiger partial charge in [0.25, 0.3) is 0 Å². The lowest BCUT2D eigenvalue weighted by Gasteiger charge is -2.12. The van der Waals surface area contributed by atoms with E-state index in [1.807, 2.05) is 0 Å². The lowest BCUT2D eigenvalue weighted by Crippen LogP contribution is -2.11. The number of rotatable bonds is 7. The second kappa shape index (κ2) is 8.92. The second-order valence-electron chi connectivity index (χ2n) is 5.70. The van der Waals surface area contributed by atoms with Gasteiger partial charge in [-0.25, -0.2) is 4.79 Å². The van der Waals surface area contributed by atoms with Gasteiger partial charge in [-0.05, 0) is 49.8 Å². The molecular weight excluding hydrogens is 392 g/mol. The summed E-state index contributed by atoms with van der Waals surface area (Å²) in [6, 6.07) is 10.5. The molecule has 0 spiro atoms. The monoisotopic (exact) mass is 410 g/mol. The molecule has 2 rings (SSSR count). The van der Waals surface area contributed by atoms with Crippen molar-refractivity contribution in [3.05, 3.63) is 59.1 Å². The van der Waals surface area contributed by atoms with Crippen molar-refractivity contribution in [1.29, 1.82) is 0 Å². The standard InChI is InChI=1S/C19H19ClO6S/c1-13(2)25-19(21)11-9-14-8-10-16(17(12-14)24-3)26-27(22,23)18-7-5-4-6-15(18)20/h4-13H,1-3H3. The molecule has 0 N–H and O–H groups in total. The molecule has 0 saturated heterocycles. The first-order valence-corrected chi connectivity index (χ1v) is 9.77. The molecule has 0 aliphatic heterocycles. The molecular formula is C19H19ClO6S. The summed E-state index contributed by atoms with van der Waals surface area (Å²) in [5.74, 6) is -0.296. The summed E-state index contributed by atoms with van der Waals surface area (Å²) in [7, 11) is -2.75. The minimum absolute atomic E-state index is 0.000623. The molecule has 0 unspecified atom stereocenters. The Bertz CT molecular complexity index is 950. The summed E-state index contributed by atoms with van der Waals surface area (Å²) in [6.45, 7) is 3.50. The average molecular weight is 411 g/mol. The van der Waals surface area contributed by atoms with Crippen LogP contribution in [0, 0.1) is 0 Å². The number of carbonyl (C=O) groups is 1. The van der Waals surface area contributed by atoms with Crippen LogP contribution < -0.4 is 8.92 Å². The summed E-state index contributed by atoms with van der Waals surface area (Å²) in [5.41, 5.74) is 0.607. The van der Waals surface area contributed by atoms with Gasteiger partial charge in [0.1, 0.15) is 4.90 Å². The highest BCUT2D eigenvalue weighted by Crippen LogP contribution is 2.32. The molecule has 0 aromatic heterocycles. The molecule has 8 heteroatoms. The molecule has 0 bridgehead atoms. The normalized spacial score (nSPS) is 11.6. The van der Waals surface area contributed by atoms with Crippen LogP contribution in [0.4, 0.5) is 0 Å². The van der Waals surface area contributed by atoms with Crippen LogP contribution in [-0.4, -0.2) is 27.6 Å². The van der Waals surface area contributed by atoms with E-state index in [0.717, 1.165) is 0 Å². The number of halogens is 1. The predicted octanol–water partition coefficient (Wildman–Crippen LogP) is 4.08. The van der Waals surface area contributed by atoms with Gasteiger partial charge in [-0.1, -0.05) is 29.8 Å².